The Bertz CT molecular complexity index is 352. The van der Waals surface area contributed by atoms with Gasteiger partial charge >= 0.3 is 0 Å². The fourth-order valence-electron chi connectivity index (χ4n) is 1.42. The van der Waals surface area contributed by atoms with E-state index in [-0.39, 0.29) is 12.3 Å². The van der Waals surface area contributed by atoms with Crippen LogP contribution in [0.4, 0.5) is 5.69 Å². The molecular formula is C13H21N3O2. The van der Waals surface area contributed by atoms with Gasteiger partial charge in [0.05, 0.1) is 18.3 Å². The van der Waals surface area contributed by atoms with E-state index < -0.39 is 0 Å². The topological polar surface area (TPSA) is 77.2 Å². The third-order valence-electron chi connectivity index (χ3n) is 2.33. The Balaban J connectivity index is 2.12. The molecule has 0 saturated carbocycles. The first kappa shape index (κ1) is 14.4. The molecule has 1 rings (SSSR count). The Hall–Kier alpha value is -1.62. The lowest BCUT2D eigenvalue weighted by atomic mass is 10.2. The van der Waals surface area contributed by atoms with E-state index in [9.17, 15) is 4.79 Å². The first-order valence-corrected chi connectivity index (χ1v) is 6.27. The Morgan fingerprint density at radius 3 is 2.94 bits per heavy atom. The highest BCUT2D eigenvalue weighted by molar-refractivity contribution is 5.78. The number of hydrogen-bond acceptors (Lipinski definition) is 4. The lowest BCUT2D eigenvalue weighted by Crippen LogP contribution is -2.27. The molecule has 1 heterocycles. The summed E-state index contributed by atoms with van der Waals surface area (Å²) in [6.45, 7) is 4.18. The van der Waals surface area contributed by atoms with Crippen molar-refractivity contribution in [2.24, 2.45) is 0 Å². The lowest BCUT2D eigenvalue weighted by molar-refractivity contribution is -0.120. The largest absolute Gasteiger partial charge is 0.397 e. The van der Waals surface area contributed by atoms with Gasteiger partial charge in [-0.3, -0.25) is 9.78 Å². The second kappa shape index (κ2) is 8.47. The molecular weight excluding hydrogens is 230 g/mol. The highest BCUT2D eigenvalue weighted by Gasteiger charge is 2.03. The Morgan fingerprint density at radius 1 is 1.44 bits per heavy atom. The zero-order chi connectivity index (χ0) is 13.2. The van der Waals surface area contributed by atoms with Gasteiger partial charge in [0.15, 0.2) is 0 Å². The van der Waals surface area contributed by atoms with Crippen molar-refractivity contribution in [3.8, 4) is 0 Å². The van der Waals surface area contributed by atoms with E-state index in [4.69, 9.17) is 10.5 Å². The number of rotatable bonds is 8. The molecule has 0 spiro atoms. The molecule has 5 nitrogen and oxygen atoms in total. The summed E-state index contributed by atoms with van der Waals surface area (Å²) in [7, 11) is 0. The smallest absolute Gasteiger partial charge is 0.226 e. The fraction of sp³-hybridized carbons (Fsp3) is 0.538. The summed E-state index contributed by atoms with van der Waals surface area (Å²) >= 11 is 0. The van der Waals surface area contributed by atoms with Gasteiger partial charge in [-0.15, -0.1) is 0 Å². The number of pyridine rings is 1. The Morgan fingerprint density at radius 2 is 2.28 bits per heavy atom. The number of hydrogen-bond donors (Lipinski definition) is 2. The lowest BCUT2D eigenvalue weighted by Gasteiger charge is -2.05. The third-order valence-corrected chi connectivity index (χ3v) is 2.33. The van der Waals surface area contributed by atoms with Crippen LogP contribution in [0, 0.1) is 0 Å². The van der Waals surface area contributed by atoms with Crippen LogP contribution < -0.4 is 11.1 Å². The summed E-state index contributed by atoms with van der Waals surface area (Å²) in [6.07, 6.45) is 3.70. The molecule has 0 bridgehead atoms. The van der Waals surface area contributed by atoms with Crippen molar-refractivity contribution in [3.05, 3.63) is 24.0 Å². The van der Waals surface area contributed by atoms with E-state index >= 15 is 0 Å². The van der Waals surface area contributed by atoms with E-state index in [1.807, 2.05) is 0 Å². The summed E-state index contributed by atoms with van der Waals surface area (Å²) in [6, 6.07) is 3.51. The summed E-state index contributed by atoms with van der Waals surface area (Å²) in [4.78, 5) is 15.6. The summed E-state index contributed by atoms with van der Waals surface area (Å²) in [5.41, 5.74) is 6.85. The molecule has 0 aromatic carbocycles. The van der Waals surface area contributed by atoms with Crippen molar-refractivity contribution in [1.82, 2.24) is 10.3 Å². The van der Waals surface area contributed by atoms with Crippen molar-refractivity contribution < 1.29 is 9.53 Å². The van der Waals surface area contributed by atoms with E-state index in [1.54, 1.807) is 18.3 Å². The molecule has 0 atom stereocenters. The molecule has 0 aliphatic heterocycles. The van der Waals surface area contributed by atoms with Gasteiger partial charge < -0.3 is 15.8 Å². The van der Waals surface area contributed by atoms with Gasteiger partial charge in [-0.1, -0.05) is 6.92 Å². The molecule has 0 fully saturated rings. The molecule has 1 aromatic heterocycles. The second-order valence-electron chi connectivity index (χ2n) is 4.08. The number of ether oxygens (including phenoxy) is 1. The number of amides is 1. The Labute approximate surface area is 108 Å². The molecule has 0 saturated heterocycles. The van der Waals surface area contributed by atoms with Crippen LogP contribution in [0.2, 0.25) is 0 Å². The summed E-state index contributed by atoms with van der Waals surface area (Å²) in [5.74, 6) is -0.0252. The number of carbonyl (C=O) groups excluding carboxylic acids is 1. The molecule has 1 aromatic rings. The van der Waals surface area contributed by atoms with Crippen molar-refractivity contribution >= 4 is 11.6 Å². The fourth-order valence-corrected chi connectivity index (χ4v) is 1.42. The number of nitrogens with zero attached hydrogens (tertiary/aromatic N) is 1. The Kier molecular flexibility index (Phi) is 6.79. The van der Waals surface area contributed by atoms with Crippen LogP contribution in [0.5, 0.6) is 0 Å². The maximum Gasteiger partial charge on any atom is 0.226 e. The van der Waals surface area contributed by atoms with Crippen LogP contribution in [-0.4, -0.2) is 30.6 Å². The summed E-state index contributed by atoms with van der Waals surface area (Å²) < 4.78 is 5.32. The van der Waals surface area contributed by atoms with Crippen LogP contribution in [-0.2, 0) is 16.0 Å². The maximum absolute atomic E-state index is 11.6. The minimum atomic E-state index is -0.0252. The van der Waals surface area contributed by atoms with E-state index in [0.717, 1.165) is 25.1 Å². The van der Waals surface area contributed by atoms with Gasteiger partial charge in [-0.2, -0.15) is 0 Å². The van der Waals surface area contributed by atoms with Crippen molar-refractivity contribution in [2.75, 3.05) is 25.5 Å². The van der Waals surface area contributed by atoms with Crippen LogP contribution in [0.1, 0.15) is 25.5 Å². The highest BCUT2D eigenvalue weighted by Crippen LogP contribution is 2.01. The first-order valence-electron chi connectivity index (χ1n) is 6.27. The van der Waals surface area contributed by atoms with Crippen LogP contribution >= 0.6 is 0 Å². The molecule has 100 valence electrons. The quantitative estimate of drug-likeness (QED) is 0.679. The van der Waals surface area contributed by atoms with Crippen LogP contribution in [0.15, 0.2) is 18.3 Å². The number of carbonyl (C=O) groups is 1. The first-order chi connectivity index (χ1) is 8.72. The minimum absolute atomic E-state index is 0.0252. The third kappa shape index (κ3) is 6.20. The van der Waals surface area contributed by atoms with Gasteiger partial charge in [-0.25, -0.2) is 0 Å². The SMILES string of the molecule is CCCOCCCNC(=O)Cc1ccc(N)cn1. The van der Waals surface area contributed by atoms with Gasteiger partial charge in [0.1, 0.15) is 0 Å². The monoisotopic (exact) mass is 251 g/mol. The molecule has 3 N–H and O–H groups in total. The number of aromatic nitrogens is 1. The van der Waals surface area contributed by atoms with Crippen molar-refractivity contribution in [2.45, 2.75) is 26.2 Å². The predicted molar refractivity (Wildman–Crippen MR) is 71.1 cm³/mol. The average molecular weight is 251 g/mol. The standard InChI is InChI=1S/C13H21N3O2/c1-2-7-18-8-3-6-15-13(17)9-12-5-4-11(14)10-16-12/h4-5,10H,2-3,6-9,14H2,1H3,(H,15,17). The van der Waals surface area contributed by atoms with Crippen LogP contribution in [0.25, 0.3) is 0 Å². The van der Waals surface area contributed by atoms with Gasteiger partial charge in [-0.05, 0) is 25.0 Å². The van der Waals surface area contributed by atoms with Gasteiger partial charge in [0.25, 0.3) is 0 Å². The molecule has 0 unspecified atom stereocenters. The number of nitrogen functional groups attached to an aromatic ring is 1. The van der Waals surface area contributed by atoms with Gasteiger partial charge in [0, 0.05) is 25.5 Å². The molecule has 0 aliphatic rings. The molecule has 5 heteroatoms. The van der Waals surface area contributed by atoms with E-state index in [0.29, 0.717) is 18.8 Å². The molecule has 0 aliphatic carbocycles. The average Bonchev–Trinajstić information content (AvgIpc) is 2.36. The van der Waals surface area contributed by atoms with Crippen molar-refractivity contribution in [1.29, 1.82) is 0 Å². The molecule has 1 amide bonds. The zero-order valence-corrected chi connectivity index (χ0v) is 10.8. The molecule has 18 heavy (non-hydrogen) atoms. The number of nitrogens with one attached hydrogen (secondary N) is 1. The highest BCUT2D eigenvalue weighted by atomic mass is 16.5. The minimum Gasteiger partial charge on any atom is -0.397 e. The number of nitrogens with two attached hydrogens (primary N) is 1. The second-order valence-corrected chi connectivity index (χ2v) is 4.08. The molecule has 0 radical (unpaired) electrons. The summed E-state index contributed by atoms with van der Waals surface area (Å²) in [5, 5.41) is 2.83. The number of anilines is 1. The van der Waals surface area contributed by atoms with E-state index in [1.165, 1.54) is 0 Å². The zero-order valence-electron chi connectivity index (χ0n) is 10.8. The van der Waals surface area contributed by atoms with Crippen molar-refractivity contribution in [3.63, 3.8) is 0 Å². The normalized spacial score (nSPS) is 10.3. The maximum atomic E-state index is 11.6. The van der Waals surface area contributed by atoms with Crippen LogP contribution in [0.3, 0.4) is 0 Å². The van der Waals surface area contributed by atoms with E-state index in [2.05, 4.69) is 17.2 Å². The predicted octanol–water partition coefficient (Wildman–Crippen LogP) is 1.14. The van der Waals surface area contributed by atoms with Gasteiger partial charge in [0.2, 0.25) is 5.91 Å².